The molecule has 1 atom stereocenters. The van der Waals surface area contributed by atoms with E-state index in [2.05, 4.69) is 67.7 Å². The molecule has 0 saturated carbocycles. The minimum absolute atomic E-state index is 0.162. The van der Waals surface area contributed by atoms with Gasteiger partial charge in [0.25, 0.3) is 0 Å². The van der Waals surface area contributed by atoms with Gasteiger partial charge in [-0.15, -0.1) is 0 Å². The second-order valence-corrected chi connectivity index (χ2v) is 5.74. The Morgan fingerprint density at radius 3 is 2.10 bits per heavy atom. The molecule has 0 heterocycles. The van der Waals surface area contributed by atoms with E-state index < -0.39 is 0 Å². The highest BCUT2D eigenvalue weighted by Gasteiger charge is 2.12. The van der Waals surface area contributed by atoms with Gasteiger partial charge in [-0.2, -0.15) is 0 Å². The molecule has 2 aromatic rings. The molecule has 0 spiro atoms. The number of nitrogens with one attached hydrogen (secondary N) is 1. The molecule has 0 unspecified atom stereocenters. The normalized spacial score (nSPS) is 12.6. The van der Waals surface area contributed by atoms with E-state index in [-0.39, 0.29) is 12.6 Å². The van der Waals surface area contributed by atoms with Gasteiger partial charge in [0.2, 0.25) is 0 Å². The van der Waals surface area contributed by atoms with E-state index in [1.807, 2.05) is 6.07 Å². The Balaban J connectivity index is 2.14. The summed E-state index contributed by atoms with van der Waals surface area (Å²) in [6.45, 7) is 5.19. The average Bonchev–Trinajstić information content (AvgIpc) is 2.52. The molecule has 2 heteroatoms. The van der Waals surface area contributed by atoms with Gasteiger partial charge in [-0.1, -0.05) is 68.4 Å². The van der Waals surface area contributed by atoms with Crippen molar-refractivity contribution in [2.75, 3.05) is 13.2 Å². The second kappa shape index (κ2) is 7.96. The van der Waals surface area contributed by atoms with Gasteiger partial charge in [0.1, 0.15) is 0 Å². The molecule has 0 aliphatic rings. The molecule has 112 valence electrons. The quantitative estimate of drug-likeness (QED) is 0.812. The number of rotatable bonds is 7. The Hall–Kier alpha value is -1.64. The average molecular weight is 283 g/mol. The van der Waals surface area contributed by atoms with Gasteiger partial charge in [0.15, 0.2) is 0 Å². The van der Waals surface area contributed by atoms with Crippen LogP contribution in [0.5, 0.6) is 0 Å². The lowest BCUT2D eigenvalue weighted by Gasteiger charge is -2.20. The van der Waals surface area contributed by atoms with E-state index in [1.165, 1.54) is 16.7 Å². The number of benzene rings is 2. The molecule has 2 N–H and O–H groups in total. The Kier molecular flexibility index (Phi) is 5.97. The van der Waals surface area contributed by atoms with Crippen molar-refractivity contribution >= 4 is 0 Å². The fourth-order valence-corrected chi connectivity index (χ4v) is 2.51. The van der Waals surface area contributed by atoms with Crippen molar-refractivity contribution in [3.05, 3.63) is 71.3 Å². The molecule has 0 fully saturated rings. The van der Waals surface area contributed by atoms with Gasteiger partial charge < -0.3 is 10.4 Å². The summed E-state index contributed by atoms with van der Waals surface area (Å²) in [5.74, 6) is 0.553. The van der Waals surface area contributed by atoms with Gasteiger partial charge in [0.05, 0.1) is 6.61 Å². The maximum atomic E-state index is 9.08. The first kappa shape index (κ1) is 15.7. The van der Waals surface area contributed by atoms with E-state index in [9.17, 15) is 0 Å². The summed E-state index contributed by atoms with van der Waals surface area (Å²) in [5, 5.41) is 12.5. The van der Waals surface area contributed by atoms with E-state index in [4.69, 9.17) is 5.11 Å². The zero-order chi connectivity index (χ0) is 15.1. The van der Waals surface area contributed by atoms with Crippen LogP contribution in [0.25, 0.3) is 0 Å². The SMILES string of the molecule is CC(C)c1ccc([C@@H](Cc2ccccc2)NCCO)cc1. The molecule has 0 saturated heterocycles. The molecule has 0 aromatic heterocycles. The summed E-state index contributed by atoms with van der Waals surface area (Å²) in [6, 6.07) is 19.5. The highest BCUT2D eigenvalue weighted by atomic mass is 16.3. The van der Waals surface area contributed by atoms with Gasteiger partial charge in [-0.3, -0.25) is 0 Å². The van der Waals surface area contributed by atoms with E-state index in [0.29, 0.717) is 12.5 Å². The predicted octanol–water partition coefficient (Wildman–Crippen LogP) is 3.68. The minimum Gasteiger partial charge on any atom is -0.395 e. The third kappa shape index (κ3) is 4.69. The van der Waals surface area contributed by atoms with Crippen molar-refractivity contribution in [2.45, 2.75) is 32.2 Å². The first-order chi connectivity index (χ1) is 10.2. The van der Waals surface area contributed by atoms with Crippen LogP contribution >= 0.6 is 0 Å². The Bertz CT molecular complexity index is 519. The molecular formula is C19H25NO. The van der Waals surface area contributed by atoms with Crippen LogP contribution in [0.15, 0.2) is 54.6 Å². The second-order valence-electron chi connectivity index (χ2n) is 5.74. The number of aliphatic hydroxyl groups excluding tert-OH is 1. The van der Waals surface area contributed by atoms with Crippen LogP contribution in [0.3, 0.4) is 0 Å². The highest BCUT2D eigenvalue weighted by Crippen LogP contribution is 2.21. The van der Waals surface area contributed by atoms with Crippen LogP contribution in [0.4, 0.5) is 0 Å². The maximum Gasteiger partial charge on any atom is 0.0556 e. The molecular weight excluding hydrogens is 258 g/mol. The maximum absolute atomic E-state index is 9.08. The first-order valence-electron chi connectivity index (χ1n) is 7.68. The Morgan fingerprint density at radius 2 is 1.52 bits per heavy atom. The molecule has 0 aliphatic carbocycles. The van der Waals surface area contributed by atoms with E-state index >= 15 is 0 Å². The van der Waals surface area contributed by atoms with Crippen molar-refractivity contribution in [3.8, 4) is 0 Å². The topological polar surface area (TPSA) is 32.3 Å². The van der Waals surface area contributed by atoms with Crippen LogP contribution in [0.1, 0.15) is 42.5 Å². The molecule has 2 aromatic carbocycles. The molecule has 0 aliphatic heterocycles. The molecule has 0 radical (unpaired) electrons. The fourth-order valence-electron chi connectivity index (χ4n) is 2.51. The zero-order valence-corrected chi connectivity index (χ0v) is 12.9. The minimum atomic E-state index is 0.162. The lowest BCUT2D eigenvalue weighted by Crippen LogP contribution is -2.26. The predicted molar refractivity (Wildman–Crippen MR) is 88.5 cm³/mol. The highest BCUT2D eigenvalue weighted by molar-refractivity contribution is 5.28. The lowest BCUT2D eigenvalue weighted by atomic mass is 9.95. The number of hydrogen-bond donors (Lipinski definition) is 2. The third-order valence-corrected chi connectivity index (χ3v) is 3.79. The van der Waals surface area contributed by atoms with E-state index in [1.54, 1.807) is 0 Å². The summed E-state index contributed by atoms with van der Waals surface area (Å²) in [6.07, 6.45) is 0.932. The standard InChI is InChI=1S/C19H25NO/c1-15(2)17-8-10-18(11-9-17)19(20-12-13-21)14-16-6-4-3-5-7-16/h3-11,15,19-21H,12-14H2,1-2H3/t19-/m1/s1. The van der Waals surface area contributed by atoms with Gasteiger partial charge in [-0.05, 0) is 29.0 Å². The lowest BCUT2D eigenvalue weighted by molar-refractivity contribution is 0.284. The van der Waals surface area contributed by atoms with Gasteiger partial charge in [0, 0.05) is 12.6 Å². The van der Waals surface area contributed by atoms with Crippen LogP contribution in [-0.4, -0.2) is 18.3 Å². The fraction of sp³-hybridized carbons (Fsp3) is 0.368. The molecule has 2 rings (SSSR count). The largest absolute Gasteiger partial charge is 0.395 e. The van der Waals surface area contributed by atoms with Crippen molar-refractivity contribution in [1.82, 2.24) is 5.32 Å². The monoisotopic (exact) mass is 283 g/mol. The van der Waals surface area contributed by atoms with Crippen molar-refractivity contribution in [2.24, 2.45) is 0 Å². The van der Waals surface area contributed by atoms with Crippen LogP contribution in [0, 0.1) is 0 Å². The number of hydrogen-bond acceptors (Lipinski definition) is 2. The summed E-state index contributed by atoms with van der Waals surface area (Å²) < 4.78 is 0. The molecule has 2 nitrogen and oxygen atoms in total. The molecule has 0 bridgehead atoms. The molecule has 21 heavy (non-hydrogen) atoms. The van der Waals surface area contributed by atoms with Crippen LogP contribution in [-0.2, 0) is 6.42 Å². The summed E-state index contributed by atoms with van der Waals surface area (Å²) in [7, 11) is 0. The van der Waals surface area contributed by atoms with Crippen LogP contribution in [0.2, 0.25) is 0 Å². The summed E-state index contributed by atoms with van der Waals surface area (Å²) in [4.78, 5) is 0. The van der Waals surface area contributed by atoms with Gasteiger partial charge in [-0.25, -0.2) is 0 Å². The van der Waals surface area contributed by atoms with Gasteiger partial charge >= 0.3 is 0 Å². The number of aliphatic hydroxyl groups is 1. The van der Waals surface area contributed by atoms with Crippen molar-refractivity contribution < 1.29 is 5.11 Å². The Morgan fingerprint density at radius 1 is 0.905 bits per heavy atom. The molecule has 0 amide bonds. The summed E-state index contributed by atoms with van der Waals surface area (Å²) in [5.41, 5.74) is 3.94. The van der Waals surface area contributed by atoms with E-state index in [0.717, 1.165) is 6.42 Å². The summed E-state index contributed by atoms with van der Waals surface area (Å²) >= 11 is 0. The zero-order valence-electron chi connectivity index (χ0n) is 12.9. The smallest absolute Gasteiger partial charge is 0.0556 e. The first-order valence-corrected chi connectivity index (χ1v) is 7.68. The van der Waals surface area contributed by atoms with Crippen molar-refractivity contribution in [1.29, 1.82) is 0 Å². The van der Waals surface area contributed by atoms with Crippen LogP contribution < -0.4 is 5.32 Å². The van der Waals surface area contributed by atoms with Crippen molar-refractivity contribution in [3.63, 3.8) is 0 Å². The Labute approximate surface area is 127 Å². The third-order valence-electron chi connectivity index (χ3n) is 3.79.